The van der Waals surface area contributed by atoms with E-state index in [9.17, 15) is 26.8 Å². The number of hydrogen-bond donors (Lipinski definition) is 3. The molecule has 2 aromatic rings. The lowest BCUT2D eigenvalue weighted by Gasteiger charge is -2.15. The number of nitrogens with zero attached hydrogens (tertiary/aromatic N) is 1. The molecule has 13 heteroatoms. The van der Waals surface area contributed by atoms with E-state index in [0.717, 1.165) is 12.1 Å². The van der Waals surface area contributed by atoms with Crippen molar-refractivity contribution in [3.05, 3.63) is 53.6 Å². The van der Waals surface area contributed by atoms with E-state index in [0.29, 0.717) is 13.0 Å². The Kier molecular flexibility index (Phi) is 9.57. The maximum atomic E-state index is 13.4. The van der Waals surface area contributed by atoms with Crippen LogP contribution in [0.3, 0.4) is 0 Å². The van der Waals surface area contributed by atoms with E-state index in [-0.39, 0.29) is 35.9 Å². The second kappa shape index (κ2) is 12.1. The quantitative estimate of drug-likeness (QED) is 0.405. The molecule has 0 radical (unpaired) electrons. The summed E-state index contributed by atoms with van der Waals surface area (Å²) in [4.78, 5) is 26.2. The van der Waals surface area contributed by atoms with Crippen LogP contribution < -0.4 is 19.5 Å². The van der Waals surface area contributed by atoms with Crippen molar-refractivity contribution in [3.63, 3.8) is 0 Å². The Morgan fingerprint density at radius 3 is 2.44 bits per heavy atom. The Morgan fingerprint density at radius 1 is 1.06 bits per heavy atom. The second-order valence-electron chi connectivity index (χ2n) is 7.23. The van der Waals surface area contributed by atoms with Gasteiger partial charge < -0.3 is 19.7 Å². The molecule has 0 bridgehead atoms. The molecule has 0 fully saturated rings. The number of rotatable bonds is 11. The molecular formula is C21H26F2N4O6S. The molecule has 0 spiro atoms. The molecule has 0 atom stereocenters. The maximum absolute atomic E-state index is 13.4. The highest BCUT2D eigenvalue weighted by molar-refractivity contribution is 7.91. The standard InChI is InChI=1S/C21H26F2N4O6S/c1-4-32-19-9-6-14(20(28)24-15-7-8-16(22)17(23)13-15)12-18(19)25-34(30,31)26-21(29)33-11-5-10-27(2)3/h6-9,12-13,25H,4-5,10-11H2,1-3H3,(H,24,28)(H,26,29). The van der Waals surface area contributed by atoms with Gasteiger partial charge in [-0.2, -0.15) is 8.42 Å². The molecule has 0 aromatic heterocycles. The molecule has 34 heavy (non-hydrogen) atoms. The fraction of sp³-hybridized carbons (Fsp3) is 0.333. The van der Waals surface area contributed by atoms with E-state index < -0.39 is 33.8 Å². The summed E-state index contributed by atoms with van der Waals surface area (Å²) >= 11 is 0. The number of carbonyl (C=O) groups is 2. The number of anilines is 2. The van der Waals surface area contributed by atoms with Crippen LogP contribution in [0.5, 0.6) is 5.75 Å². The number of ether oxygens (including phenoxy) is 2. The molecule has 2 aromatic carbocycles. The monoisotopic (exact) mass is 500 g/mol. The average Bonchev–Trinajstić information content (AvgIpc) is 2.74. The van der Waals surface area contributed by atoms with Gasteiger partial charge in [0.25, 0.3) is 5.91 Å². The Hall–Kier alpha value is -3.45. The zero-order valence-electron chi connectivity index (χ0n) is 18.9. The second-order valence-corrected chi connectivity index (χ2v) is 8.64. The molecule has 0 aliphatic rings. The van der Waals surface area contributed by atoms with Crippen LogP contribution in [0.1, 0.15) is 23.7 Å². The molecule has 10 nitrogen and oxygen atoms in total. The van der Waals surface area contributed by atoms with Gasteiger partial charge in [0.1, 0.15) is 5.75 Å². The third-order valence-electron chi connectivity index (χ3n) is 4.16. The van der Waals surface area contributed by atoms with Gasteiger partial charge in [-0.3, -0.25) is 9.52 Å². The van der Waals surface area contributed by atoms with Gasteiger partial charge in [-0.25, -0.2) is 18.3 Å². The molecular weight excluding hydrogens is 474 g/mol. The summed E-state index contributed by atoms with van der Waals surface area (Å²) in [7, 11) is -0.740. The number of benzene rings is 2. The van der Waals surface area contributed by atoms with E-state index in [2.05, 4.69) is 10.0 Å². The van der Waals surface area contributed by atoms with Gasteiger partial charge >= 0.3 is 16.3 Å². The highest BCUT2D eigenvalue weighted by atomic mass is 32.2. The molecule has 2 amide bonds. The van der Waals surface area contributed by atoms with E-state index in [1.54, 1.807) is 11.6 Å². The predicted octanol–water partition coefficient (Wildman–Crippen LogP) is 2.95. The van der Waals surface area contributed by atoms with Gasteiger partial charge in [0.15, 0.2) is 11.6 Å². The van der Waals surface area contributed by atoms with Gasteiger partial charge in [-0.05, 0) is 57.8 Å². The smallest absolute Gasteiger partial charge is 0.422 e. The summed E-state index contributed by atoms with van der Waals surface area (Å²) < 4.78 is 65.3. The summed E-state index contributed by atoms with van der Waals surface area (Å²) in [5.41, 5.74) is -0.150. The van der Waals surface area contributed by atoms with Crippen LogP contribution in [-0.2, 0) is 14.9 Å². The highest BCUT2D eigenvalue weighted by Gasteiger charge is 2.19. The normalized spacial score (nSPS) is 11.1. The first-order valence-electron chi connectivity index (χ1n) is 10.2. The third kappa shape index (κ3) is 8.48. The predicted molar refractivity (Wildman–Crippen MR) is 122 cm³/mol. The van der Waals surface area contributed by atoms with Crippen LogP contribution in [0, 0.1) is 11.6 Å². The van der Waals surface area contributed by atoms with Crippen molar-refractivity contribution >= 4 is 33.6 Å². The summed E-state index contributed by atoms with van der Waals surface area (Å²) in [5, 5.41) is 2.38. The molecule has 0 aliphatic heterocycles. The van der Waals surface area contributed by atoms with Crippen LogP contribution in [0.15, 0.2) is 36.4 Å². The van der Waals surface area contributed by atoms with Crippen molar-refractivity contribution in [3.8, 4) is 5.75 Å². The zero-order chi connectivity index (χ0) is 25.3. The zero-order valence-corrected chi connectivity index (χ0v) is 19.7. The number of halogens is 2. The first-order valence-corrected chi connectivity index (χ1v) is 11.6. The number of nitrogens with one attached hydrogen (secondary N) is 3. The van der Waals surface area contributed by atoms with Gasteiger partial charge in [0, 0.05) is 23.9 Å². The minimum absolute atomic E-state index is 0.00130. The molecule has 0 aliphatic carbocycles. The van der Waals surface area contributed by atoms with Gasteiger partial charge in [-0.15, -0.1) is 0 Å². The topological polar surface area (TPSA) is 126 Å². The fourth-order valence-electron chi connectivity index (χ4n) is 2.66. The summed E-state index contributed by atoms with van der Waals surface area (Å²) in [6, 6.07) is 6.70. The van der Waals surface area contributed by atoms with E-state index >= 15 is 0 Å². The van der Waals surface area contributed by atoms with E-state index in [4.69, 9.17) is 9.47 Å². The van der Waals surface area contributed by atoms with Crippen molar-refractivity contribution in [2.75, 3.05) is 43.9 Å². The fourth-order valence-corrected chi connectivity index (χ4v) is 3.44. The van der Waals surface area contributed by atoms with Crippen molar-refractivity contribution in [2.45, 2.75) is 13.3 Å². The van der Waals surface area contributed by atoms with Crippen molar-refractivity contribution in [2.24, 2.45) is 0 Å². The molecule has 2 rings (SSSR count). The van der Waals surface area contributed by atoms with E-state index in [1.807, 2.05) is 19.0 Å². The SMILES string of the molecule is CCOc1ccc(C(=O)Nc2ccc(F)c(F)c2)cc1NS(=O)(=O)NC(=O)OCCCN(C)C. The van der Waals surface area contributed by atoms with Crippen LogP contribution in [-0.4, -0.2) is 59.2 Å². The highest BCUT2D eigenvalue weighted by Crippen LogP contribution is 2.27. The first kappa shape index (κ1) is 26.8. The van der Waals surface area contributed by atoms with Crippen molar-refractivity contribution < 1.29 is 36.3 Å². The number of hydrogen-bond acceptors (Lipinski definition) is 7. The number of amides is 2. The van der Waals surface area contributed by atoms with Crippen molar-refractivity contribution in [1.82, 2.24) is 9.62 Å². The van der Waals surface area contributed by atoms with Crippen LogP contribution in [0.2, 0.25) is 0 Å². The van der Waals surface area contributed by atoms with Crippen LogP contribution in [0.4, 0.5) is 25.0 Å². The largest absolute Gasteiger partial charge is 0.492 e. The van der Waals surface area contributed by atoms with Crippen molar-refractivity contribution in [1.29, 1.82) is 0 Å². The lowest BCUT2D eigenvalue weighted by Crippen LogP contribution is -2.36. The average molecular weight is 501 g/mol. The molecule has 186 valence electrons. The Morgan fingerprint density at radius 2 is 1.79 bits per heavy atom. The molecule has 3 N–H and O–H groups in total. The summed E-state index contributed by atoms with van der Waals surface area (Å²) in [6.45, 7) is 2.53. The lowest BCUT2D eigenvalue weighted by atomic mass is 10.1. The summed E-state index contributed by atoms with van der Waals surface area (Å²) in [6.07, 6.45) is -0.659. The minimum atomic E-state index is -4.43. The van der Waals surface area contributed by atoms with Crippen LogP contribution >= 0.6 is 0 Å². The van der Waals surface area contributed by atoms with Gasteiger partial charge in [0.05, 0.1) is 18.9 Å². The Balaban J connectivity index is 2.13. The summed E-state index contributed by atoms with van der Waals surface area (Å²) in [5.74, 6) is -2.84. The molecule has 0 saturated carbocycles. The van der Waals surface area contributed by atoms with E-state index in [1.165, 1.54) is 24.3 Å². The molecule has 0 saturated heterocycles. The lowest BCUT2D eigenvalue weighted by molar-refractivity contribution is 0.102. The van der Waals surface area contributed by atoms with Gasteiger partial charge in [-0.1, -0.05) is 0 Å². The third-order valence-corrected chi connectivity index (χ3v) is 5.09. The van der Waals surface area contributed by atoms with Gasteiger partial charge in [0.2, 0.25) is 0 Å². The first-order chi connectivity index (χ1) is 16.0. The number of carbonyl (C=O) groups excluding carboxylic acids is 2. The molecule has 0 heterocycles. The Bertz CT molecular complexity index is 1130. The van der Waals surface area contributed by atoms with Crippen LogP contribution in [0.25, 0.3) is 0 Å². The molecule has 0 unspecified atom stereocenters. The Labute approximate surface area is 196 Å². The minimum Gasteiger partial charge on any atom is -0.492 e. The maximum Gasteiger partial charge on any atom is 0.422 e.